The Hall–Kier alpha value is -3.35. The Labute approximate surface area is 192 Å². The highest BCUT2D eigenvalue weighted by Crippen LogP contribution is 2.25. The first-order valence-electron chi connectivity index (χ1n) is 9.96. The van der Waals surface area contributed by atoms with Crippen LogP contribution in [0.4, 0.5) is 11.4 Å². The fraction of sp³-hybridized carbons (Fsp3) is 0.0800. The molecule has 0 atom stereocenters. The summed E-state index contributed by atoms with van der Waals surface area (Å²) < 4.78 is 27.9. The van der Waals surface area contributed by atoms with Crippen LogP contribution >= 0.6 is 11.6 Å². The molecule has 0 aromatic heterocycles. The Balaban J connectivity index is 1.64. The number of carbonyl (C=O) groups is 1. The van der Waals surface area contributed by atoms with E-state index in [-0.39, 0.29) is 11.4 Å². The monoisotopic (exact) mass is 464 g/mol. The highest BCUT2D eigenvalue weighted by Gasteiger charge is 2.27. The number of benzene rings is 4. The number of carbonyl (C=O) groups excluding carboxylic acids is 1. The highest BCUT2D eigenvalue weighted by atomic mass is 35.5. The number of nitrogens with zero attached hydrogens (tertiary/aromatic N) is 1. The smallest absolute Gasteiger partial charge is 0.264 e. The topological polar surface area (TPSA) is 66.5 Å². The van der Waals surface area contributed by atoms with Crippen molar-refractivity contribution in [3.05, 3.63) is 102 Å². The number of sulfonamides is 1. The quantitative estimate of drug-likeness (QED) is 0.401. The third kappa shape index (κ3) is 4.77. The Morgan fingerprint density at radius 2 is 1.53 bits per heavy atom. The second-order valence-electron chi connectivity index (χ2n) is 7.41. The lowest BCUT2D eigenvalue weighted by Crippen LogP contribution is -2.38. The average molecular weight is 465 g/mol. The molecule has 0 bridgehead atoms. The lowest BCUT2D eigenvalue weighted by molar-refractivity contribution is -0.114. The zero-order chi connectivity index (χ0) is 22.7. The van der Waals surface area contributed by atoms with Gasteiger partial charge < -0.3 is 5.32 Å². The van der Waals surface area contributed by atoms with Crippen LogP contribution in [0.25, 0.3) is 10.8 Å². The summed E-state index contributed by atoms with van der Waals surface area (Å²) in [5, 5.41) is 5.28. The first kappa shape index (κ1) is 21.9. The normalized spacial score (nSPS) is 11.3. The molecule has 162 valence electrons. The van der Waals surface area contributed by atoms with Crippen LogP contribution in [0.3, 0.4) is 0 Å². The molecule has 5 nitrogen and oxygen atoms in total. The lowest BCUT2D eigenvalue weighted by Gasteiger charge is -2.24. The Bertz CT molecular complexity index is 1370. The summed E-state index contributed by atoms with van der Waals surface area (Å²) in [5.41, 5.74) is 1.99. The predicted octanol–water partition coefficient (Wildman–Crippen LogP) is 5.64. The van der Waals surface area contributed by atoms with E-state index in [0.29, 0.717) is 16.4 Å². The third-order valence-electron chi connectivity index (χ3n) is 5.04. The highest BCUT2D eigenvalue weighted by molar-refractivity contribution is 7.92. The summed E-state index contributed by atoms with van der Waals surface area (Å²) in [7, 11) is -3.99. The van der Waals surface area contributed by atoms with Crippen molar-refractivity contribution >= 4 is 49.7 Å². The molecule has 0 heterocycles. The molecule has 0 aliphatic rings. The number of hydrogen-bond donors (Lipinski definition) is 1. The van der Waals surface area contributed by atoms with Crippen LogP contribution in [0.15, 0.2) is 95.9 Å². The molecule has 0 fully saturated rings. The second-order valence-corrected chi connectivity index (χ2v) is 9.71. The van der Waals surface area contributed by atoms with Crippen LogP contribution in [0.1, 0.15) is 5.56 Å². The van der Waals surface area contributed by atoms with E-state index in [1.807, 2.05) is 43.3 Å². The summed E-state index contributed by atoms with van der Waals surface area (Å²) in [6.07, 6.45) is 0. The van der Waals surface area contributed by atoms with Crippen LogP contribution in [0.5, 0.6) is 0 Å². The number of halogens is 1. The van der Waals surface area contributed by atoms with Crippen LogP contribution < -0.4 is 9.62 Å². The van der Waals surface area contributed by atoms with Gasteiger partial charge in [-0.05, 0) is 66.2 Å². The number of amides is 1. The summed E-state index contributed by atoms with van der Waals surface area (Å²) in [6.45, 7) is 1.54. The van der Waals surface area contributed by atoms with Gasteiger partial charge in [-0.15, -0.1) is 0 Å². The molecule has 4 aromatic carbocycles. The molecular formula is C25H21ClN2O3S. The van der Waals surface area contributed by atoms with Crippen molar-refractivity contribution in [2.24, 2.45) is 0 Å². The summed E-state index contributed by atoms with van der Waals surface area (Å²) in [4.78, 5) is 12.9. The molecule has 4 rings (SSSR count). The Morgan fingerprint density at radius 3 is 2.22 bits per heavy atom. The van der Waals surface area contributed by atoms with E-state index < -0.39 is 15.9 Å². The molecule has 0 aliphatic heterocycles. The Kier molecular flexibility index (Phi) is 6.17. The van der Waals surface area contributed by atoms with Crippen LogP contribution in [-0.4, -0.2) is 20.9 Å². The maximum Gasteiger partial charge on any atom is 0.264 e. The van der Waals surface area contributed by atoms with Gasteiger partial charge in [0.05, 0.1) is 10.6 Å². The first-order chi connectivity index (χ1) is 15.3. The number of hydrogen-bond acceptors (Lipinski definition) is 3. The summed E-state index contributed by atoms with van der Waals surface area (Å²) in [5.74, 6) is -0.446. The van der Waals surface area contributed by atoms with Gasteiger partial charge in [0.25, 0.3) is 10.0 Å². The van der Waals surface area contributed by atoms with Crippen LogP contribution in [0.2, 0.25) is 5.02 Å². The van der Waals surface area contributed by atoms with Crippen molar-refractivity contribution in [2.45, 2.75) is 11.8 Å². The van der Waals surface area contributed by atoms with Crippen molar-refractivity contribution in [1.82, 2.24) is 0 Å². The first-order valence-corrected chi connectivity index (χ1v) is 11.8. The van der Waals surface area contributed by atoms with E-state index in [1.165, 1.54) is 24.3 Å². The molecule has 0 aliphatic carbocycles. The minimum absolute atomic E-state index is 0.0565. The second kappa shape index (κ2) is 9.02. The number of anilines is 2. The maximum atomic E-state index is 13.4. The van der Waals surface area contributed by atoms with Crippen molar-refractivity contribution in [3.63, 3.8) is 0 Å². The van der Waals surface area contributed by atoms with Crippen molar-refractivity contribution in [2.75, 3.05) is 16.2 Å². The molecule has 0 saturated carbocycles. The minimum atomic E-state index is -3.99. The van der Waals surface area contributed by atoms with E-state index in [0.717, 1.165) is 20.6 Å². The van der Waals surface area contributed by atoms with Gasteiger partial charge in [-0.2, -0.15) is 0 Å². The molecule has 0 spiro atoms. The predicted molar refractivity (Wildman–Crippen MR) is 130 cm³/mol. The van der Waals surface area contributed by atoms with Gasteiger partial charge in [0, 0.05) is 10.7 Å². The SMILES string of the molecule is Cc1ccc(N(CC(=O)Nc2ccc3ccccc3c2)S(=O)(=O)c2ccc(Cl)cc2)cc1. The summed E-state index contributed by atoms with van der Waals surface area (Å²) >= 11 is 5.92. The van der Waals surface area contributed by atoms with Gasteiger partial charge in [0.1, 0.15) is 6.54 Å². The van der Waals surface area contributed by atoms with E-state index in [1.54, 1.807) is 30.3 Å². The number of nitrogens with one attached hydrogen (secondary N) is 1. The Morgan fingerprint density at radius 1 is 0.875 bits per heavy atom. The summed E-state index contributed by atoms with van der Waals surface area (Å²) in [6, 6.07) is 26.2. The minimum Gasteiger partial charge on any atom is -0.324 e. The zero-order valence-electron chi connectivity index (χ0n) is 17.3. The van der Waals surface area contributed by atoms with E-state index in [9.17, 15) is 13.2 Å². The molecule has 1 amide bonds. The van der Waals surface area contributed by atoms with Gasteiger partial charge in [-0.1, -0.05) is 59.6 Å². The molecule has 0 radical (unpaired) electrons. The van der Waals surface area contributed by atoms with E-state index in [2.05, 4.69) is 5.32 Å². The van der Waals surface area contributed by atoms with E-state index >= 15 is 0 Å². The number of aryl methyl sites for hydroxylation is 1. The molecule has 1 N–H and O–H groups in total. The standard InChI is InChI=1S/C25H21ClN2O3S/c1-18-6-12-23(13-7-18)28(32(30,31)24-14-9-21(26)10-15-24)17-25(29)27-22-11-8-19-4-2-3-5-20(19)16-22/h2-16H,17H2,1H3,(H,27,29). The van der Waals surface area contributed by atoms with E-state index in [4.69, 9.17) is 11.6 Å². The molecule has 7 heteroatoms. The fourth-order valence-electron chi connectivity index (χ4n) is 3.36. The zero-order valence-corrected chi connectivity index (χ0v) is 18.9. The largest absolute Gasteiger partial charge is 0.324 e. The van der Waals surface area contributed by atoms with Crippen LogP contribution in [0, 0.1) is 6.92 Å². The number of fused-ring (bicyclic) bond motifs is 1. The van der Waals surface area contributed by atoms with Crippen molar-refractivity contribution in [1.29, 1.82) is 0 Å². The number of rotatable bonds is 6. The van der Waals surface area contributed by atoms with Gasteiger partial charge in [0.2, 0.25) is 5.91 Å². The van der Waals surface area contributed by atoms with Crippen LogP contribution in [-0.2, 0) is 14.8 Å². The molecule has 0 unspecified atom stereocenters. The average Bonchev–Trinajstić information content (AvgIpc) is 2.78. The van der Waals surface area contributed by atoms with Crippen molar-refractivity contribution in [3.8, 4) is 0 Å². The molecule has 32 heavy (non-hydrogen) atoms. The molecule has 0 saturated heterocycles. The van der Waals surface area contributed by atoms with Gasteiger partial charge in [0.15, 0.2) is 0 Å². The molecule has 4 aromatic rings. The molecular weight excluding hydrogens is 444 g/mol. The van der Waals surface area contributed by atoms with Gasteiger partial charge in [-0.3, -0.25) is 9.10 Å². The van der Waals surface area contributed by atoms with Gasteiger partial charge in [-0.25, -0.2) is 8.42 Å². The maximum absolute atomic E-state index is 13.4. The third-order valence-corrected chi connectivity index (χ3v) is 7.08. The van der Waals surface area contributed by atoms with Gasteiger partial charge >= 0.3 is 0 Å². The lowest BCUT2D eigenvalue weighted by atomic mass is 10.1. The van der Waals surface area contributed by atoms with Crippen molar-refractivity contribution < 1.29 is 13.2 Å². The fourth-order valence-corrected chi connectivity index (χ4v) is 4.90.